The molecule has 6 aromatic rings. The first-order chi connectivity index (χ1) is 22.2. The van der Waals surface area contributed by atoms with Gasteiger partial charge in [0.05, 0.1) is 30.8 Å². The van der Waals surface area contributed by atoms with Crippen LogP contribution in [0.4, 0.5) is 11.6 Å². The number of hydrogen-bond acceptors (Lipinski definition) is 8. The van der Waals surface area contributed by atoms with E-state index in [1.54, 1.807) is 13.3 Å². The minimum absolute atomic E-state index is 0.152. The van der Waals surface area contributed by atoms with Crippen LogP contribution in [0.25, 0.3) is 28.3 Å². The molecule has 0 atom stereocenters. The summed E-state index contributed by atoms with van der Waals surface area (Å²) in [6, 6.07) is 32.0. The topological polar surface area (TPSA) is 106 Å². The maximum Gasteiger partial charge on any atom is 0.227 e. The van der Waals surface area contributed by atoms with Crippen molar-refractivity contribution in [2.24, 2.45) is 0 Å². The van der Waals surface area contributed by atoms with Crippen LogP contribution >= 0.6 is 0 Å². The second-order valence-electron chi connectivity index (χ2n) is 10.5. The third-order valence-corrected chi connectivity index (χ3v) is 7.39. The Morgan fingerprint density at radius 1 is 0.822 bits per heavy atom. The summed E-state index contributed by atoms with van der Waals surface area (Å²) >= 11 is 0. The van der Waals surface area contributed by atoms with E-state index in [0.717, 1.165) is 58.9 Å². The van der Waals surface area contributed by atoms with Crippen molar-refractivity contribution >= 4 is 17.3 Å². The molecule has 0 aliphatic rings. The molecule has 0 aliphatic carbocycles. The molecule has 0 spiro atoms. The molecule has 0 saturated heterocycles. The van der Waals surface area contributed by atoms with Gasteiger partial charge in [-0.2, -0.15) is 0 Å². The molecule has 9 nitrogen and oxygen atoms in total. The fraction of sp³-hybridized carbons (Fsp3) is 0.194. The summed E-state index contributed by atoms with van der Waals surface area (Å²) < 4.78 is 13.9. The van der Waals surface area contributed by atoms with E-state index >= 15 is 0 Å². The molecule has 45 heavy (non-hydrogen) atoms. The van der Waals surface area contributed by atoms with Crippen molar-refractivity contribution in [2.45, 2.75) is 19.4 Å². The van der Waals surface area contributed by atoms with Gasteiger partial charge in [0.15, 0.2) is 11.5 Å². The summed E-state index contributed by atoms with van der Waals surface area (Å²) in [5, 5.41) is 15.6. The number of hydrogen-bond donors (Lipinski definition) is 3. The minimum atomic E-state index is 0.152. The largest absolute Gasteiger partial charge is 0.493 e. The van der Waals surface area contributed by atoms with Crippen molar-refractivity contribution in [2.75, 3.05) is 32.1 Å². The number of aromatic nitrogens is 4. The zero-order valence-electron chi connectivity index (χ0n) is 25.2. The highest BCUT2D eigenvalue weighted by atomic mass is 16.5. The molecule has 0 aliphatic heterocycles. The van der Waals surface area contributed by atoms with Crippen molar-refractivity contribution in [1.29, 1.82) is 0 Å². The van der Waals surface area contributed by atoms with E-state index in [1.165, 1.54) is 5.56 Å². The van der Waals surface area contributed by atoms with Crippen molar-refractivity contribution in [3.8, 4) is 34.1 Å². The van der Waals surface area contributed by atoms with E-state index in [2.05, 4.69) is 27.8 Å². The van der Waals surface area contributed by atoms with Gasteiger partial charge >= 0.3 is 0 Å². The molecule has 3 aromatic carbocycles. The molecule has 0 unspecified atom stereocenters. The lowest BCUT2D eigenvalue weighted by Crippen LogP contribution is -2.19. The van der Waals surface area contributed by atoms with Crippen LogP contribution < -0.4 is 20.1 Å². The molecule has 3 heterocycles. The summed E-state index contributed by atoms with van der Waals surface area (Å²) in [5.41, 5.74) is 7.26. The molecule has 228 valence electrons. The van der Waals surface area contributed by atoms with E-state index in [9.17, 15) is 0 Å². The van der Waals surface area contributed by atoms with Crippen LogP contribution in [0.1, 0.15) is 17.5 Å². The zero-order valence-corrected chi connectivity index (χ0v) is 25.2. The molecular formula is C36H36N6O3. The number of aliphatic hydroxyl groups is 1. The standard InChI is InChI=1S/C36H36N6O3/c1-44-32-24-28(15-16-31(32)45-25-27-9-3-2-4-10-27)34-35(42-21-6-5-14-33(42)41-34)30-17-19-38-36(40-30)39-29-13-7-11-26(23-29)12-8-18-37-20-22-43/h2-7,9-11,13-17,19,21,23-24,37,43H,8,12,18,20,22,25H2,1H3,(H,38,39,40). The predicted molar refractivity (Wildman–Crippen MR) is 177 cm³/mol. The van der Waals surface area contributed by atoms with Crippen LogP contribution in [-0.4, -0.2) is 51.3 Å². The van der Waals surface area contributed by atoms with Crippen LogP contribution in [0.15, 0.2) is 109 Å². The third kappa shape index (κ3) is 7.29. The molecular weight excluding hydrogens is 564 g/mol. The molecule has 0 radical (unpaired) electrons. The maximum atomic E-state index is 8.95. The van der Waals surface area contributed by atoms with Gasteiger partial charge in [0.1, 0.15) is 12.3 Å². The van der Waals surface area contributed by atoms with E-state index in [1.807, 2.05) is 95.5 Å². The lowest BCUT2D eigenvalue weighted by Gasteiger charge is -2.13. The number of aliphatic hydroxyl groups excluding tert-OH is 1. The number of nitrogens with zero attached hydrogens (tertiary/aromatic N) is 4. The minimum Gasteiger partial charge on any atom is -0.493 e. The van der Waals surface area contributed by atoms with E-state index in [0.29, 0.717) is 30.6 Å². The van der Waals surface area contributed by atoms with Gasteiger partial charge in [0, 0.05) is 30.2 Å². The molecule has 3 aromatic heterocycles. The third-order valence-electron chi connectivity index (χ3n) is 7.39. The molecule has 0 bridgehead atoms. The van der Waals surface area contributed by atoms with Gasteiger partial charge in [-0.05, 0) is 79.0 Å². The number of methoxy groups -OCH3 is 1. The average Bonchev–Trinajstić information content (AvgIpc) is 3.48. The van der Waals surface area contributed by atoms with Gasteiger partial charge in [-0.15, -0.1) is 0 Å². The number of anilines is 2. The Morgan fingerprint density at radius 3 is 2.56 bits per heavy atom. The van der Waals surface area contributed by atoms with Gasteiger partial charge in [-0.25, -0.2) is 15.0 Å². The average molecular weight is 601 g/mol. The lowest BCUT2D eigenvalue weighted by atomic mass is 10.1. The molecule has 9 heteroatoms. The number of nitrogens with one attached hydrogen (secondary N) is 2. The first-order valence-corrected chi connectivity index (χ1v) is 15.0. The van der Waals surface area contributed by atoms with Gasteiger partial charge in [0.25, 0.3) is 0 Å². The Hall–Kier alpha value is -5.25. The number of ether oxygens (including phenoxy) is 2. The second kappa shape index (κ2) is 14.5. The first-order valence-electron chi connectivity index (χ1n) is 15.0. The molecule has 0 amide bonds. The SMILES string of the molecule is COc1cc(-c2nc3ccccn3c2-c2ccnc(Nc3cccc(CCCNCCO)c3)n2)ccc1OCc1ccccc1. The van der Waals surface area contributed by atoms with Gasteiger partial charge in [-0.3, -0.25) is 4.40 Å². The van der Waals surface area contributed by atoms with Crippen LogP contribution in [0, 0.1) is 0 Å². The van der Waals surface area contributed by atoms with Crippen molar-refractivity contribution in [3.63, 3.8) is 0 Å². The molecule has 3 N–H and O–H groups in total. The summed E-state index contributed by atoms with van der Waals surface area (Å²) in [7, 11) is 1.64. The first kappa shape index (κ1) is 29.8. The van der Waals surface area contributed by atoms with E-state index in [-0.39, 0.29) is 6.61 Å². The highest BCUT2D eigenvalue weighted by Crippen LogP contribution is 2.37. The van der Waals surface area contributed by atoms with Crippen LogP contribution in [0.3, 0.4) is 0 Å². The van der Waals surface area contributed by atoms with Crippen molar-refractivity contribution < 1.29 is 14.6 Å². The Balaban J connectivity index is 1.27. The Labute approximate surface area is 262 Å². The van der Waals surface area contributed by atoms with Gasteiger partial charge in [0.2, 0.25) is 5.95 Å². The Morgan fingerprint density at radius 2 is 1.69 bits per heavy atom. The second-order valence-corrected chi connectivity index (χ2v) is 10.5. The summed E-state index contributed by atoms with van der Waals surface area (Å²) in [5.74, 6) is 1.78. The van der Waals surface area contributed by atoms with E-state index in [4.69, 9.17) is 24.5 Å². The lowest BCUT2D eigenvalue weighted by molar-refractivity contribution is 0.284. The summed E-state index contributed by atoms with van der Waals surface area (Å²) in [6.07, 6.45) is 5.66. The number of imidazole rings is 1. The normalized spacial score (nSPS) is 11.1. The highest BCUT2D eigenvalue weighted by molar-refractivity contribution is 5.82. The van der Waals surface area contributed by atoms with Crippen LogP contribution in [0.5, 0.6) is 11.5 Å². The number of pyridine rings is 1. The number of aryl methyl sites for hydroxylation is 1. The fourth-order valence-electron chi connectivity index (χ4n) is 5.22. The summed E-state index contributed by atoms with van der Waals surface area (Å²) in [4.78, 5) is 14.4. The monoisotopic (exact) mass is 600 g/mol. The molecule has 6 rings (SSSR count). The highest BCUT2D eigenvalue weighted by Gasteiger charge is 2.19. The van der Waals surface area contributed by atoms with Gasteiger partial charge < -0.3 is 25.2 Å². The number of rotatable bonds is 14. The van der Waals surface area contributed by atoms with Crippen LogP contribution in [-0.2, 0) is 13.0 Å². The number of benzene rings is 3. The quantitative estimate of drug-likeness (QED) is 0.125. The molecule has 0 fully saturated rings. The fourth-order valence-corrected chi connectivity index (χ4v) is 5.22. The zero-order chi connectivity index (χ0) is 30.8. The van der Waals surface area contributed by atoms with E-state index < -0.39 is 0 Å². The molecule has 0 saturated carbocycles. The summed E-state index contributed by atoms with van der Waals surface area (Å²) in [6.45, 7) is 2.07. The van der Waals surface area contributed by atoms with Gasteiger partial charge in [-0.1, -0.05) is 48.5 Å². The Kier molecular flexibility index (Phi) is 9.59. The van der Waals surface area contributed by atoms with Crippen molar-refractivity contribution in [1.82, 2.24) is 24.7 Å². The smallest absolute Gasteiger partial charge is 0.227 e. The number of fused-ring (bicyclic) bond motifs is 1. The predicted octanol–water partition coefficient (Wildman–Crippen LogP) is 6.30. The van der Waals surface area contributed by atoms with Crippen LogP contribution in [0.2, 0.25) is 0 Å². The maximum absolute atomic E-state index is 8.95. The Bertz CT molecular complexity index is 1860. The van der Waals surface area contributed by atoms with Crippen molar-refractivity contribution in [3.05, 3.63) is 121 Å².